The maximum Gasteiger partial charge on any atom is 0.311 e. The summed E-state index contributed by atoms with van der Waals surface area (Å²) in [5.41, 5.74) is 0. The zero-order valence-corrected chi connectivity index (χ0v) is 8.18. The van der Waals surface area contributed by atoms with Gasteiger partial charge in [0.25, 0.3) is 5.89 Å². The summed E-state index contributed by atoms with van der Waals surface area (Å²) in [6.45, 7) is 0.696. The second kappa shape index (κ2) is 4.39. The summed E-state index contributed by atoms with van der Waals surface area (Å²) in [6, 6.07) is 0. The first-order valence-electron chi connectivity index (χ1n) is 4.91. The van der Waals surface area contributed by atoms with E-state index in [1.165, 1.54) is 0 Å². The van der Waals surface area contributed by atoms with Crippen molar-refractivity contribution < 1.29 is 19.2 Å². The molecule has 2 heterocycles. The van der Waals surface area contributed by atoms with Crippen molar-refractivity contribution in [3.63, 3.8) is 0 Å². The summed E-state index contributed by atoms with van der Waals surface area (Å²) in [6.07, 6.45) is 2.60. The van der Waals surface area contributed by atoms with Crippen molar-refractivity contribution in [2.45, 2.75) is 31.8 Å². The Morgan fingerprint density at radius 2 is 2.40 bits per heavy atom. The van der Waals surface area contributed by atoms with Crippen molar-refractivity contribution >= 4 is 5.97 Å². The molecule has 0 radical (unpaired) electrons. The molecule has 6 heteroatoms. The van der Waals surface area contributed by atoms with Gasteiger partial charge in [-0.3, -0.25) is 4.79 Å². The first-order valence-corrected chi connectivity index (χ1v) is 4.91. The van der Waals surface area contributed by atoms with Crippen LogP contribution in [0.5, 0.6) is 0 Å². The van der Waals surface area contributed by atoms with E-state index in [0.717, 1.165) is 19.3 Å². The number of aliphatic carboxylic acids is 1. The maximum atomic E-state index is 10.4. The molecular formula is C9H12N2O4. The van der Waals surface area contributed by atoms with E-state index in [1.54, 1.807) is 0 Å². The number of nitrogens with zero attached hydrogens (tertiary/aromatic N) is 2. The average molecular weight is 212 g/mol. The van der Waals surface area contributed by atoms with Crippen LogP contribution >= 0.6 is 0 Å². The van der Waals surface area contributed by atoms with E-state index in [9.17, 15) is 4.79 Å². The lowest BCUT2D eigenvalue weighted by atomic mass is 10.1. The van der Waals surface area contributed by atoms with E-state index >= 15 is 0 Å². The second-order valence-electron chi connectivity index (χ2n) is 3.47. The third-order valence-electron chi connectivity index (χ3n) is 2.25. The van der Waals surface area contributed by atoms with Crippen LogP contribution in [-0.2, 0) is 16.0 Å². The van der Waals surface area contributed by atoms with Crippen molar-refractivity contribution in [1.29, 1.82) is 0 Å². The topological polar surface area (TPSA) is 85.5 Å². The van der Waals surface area contributed by atoms with Gasteiger partial charge in [0, 0.05) is 6.61 Å². The van der Waals surface area contributed by atoms with Crippen LogP contribution in [0.4, 0.5) is 0 Å². The van der Waals surface area contributed by atoms with E-state index in [1.807, 2.05) is 0 Å². The molecule has 0 spiro atoms. The fourth-order valence-corrected chi connectivity index (χ4v) is 1.54. The Labute approximate surface area is 86.2 Å². The van der Waals surface area contributed by atoms with Gasteiger partial charge in [-0.2, -0.15) is 4.98 Å². The van der Waals surface area contributed by atoms with Crippen molar-refractivity contribution in [1.82, 2.24) is 10.1 Å². The summed E-state index contributed by atoms with van der Waals surface area (Å²) in [7, 11) is 0. The average Bonchev–Trinajstić information content (AvgIpc) is 2.67. The van der Waals surface area contributed by atoms with Crippen molar-refractivity contribution in [2.75, 3.05) is 6.61 Å². The first kappa shape index (κ1) is 10.1. The fraction of sp³-hybridized carbons (Fsp3) is 0.667. The molecule has 0 bridgehead atoms. The molecule has 1 fully saturated rings. The molecule has 1 aliphatic heterocycles. The minimum atomic E-state index is -0.966. The van der Waals surface area contributed by atoms with Crippen LogP contribution in [0, 0.1) is 0 Å². The van der Waals surface area contributed by atoms with Crippen molar-refractivity contribution in [3.05, 3.63) is 11.7 Å². The number of ether oxygens (including phenoxy) is 1. The minimum Gasteiger partial charge on any atom is -0.481 e. The Kier molecular flexibility index (Phi) is 2.96. The highest BCUT2D eigenvalue weighted by atomic mass is 16.5. The Balaban J connectivity index is 2.02. The number of carboxylic acids is 1. The predicted molar refractivity (Wildman–Crippen MR) is 48.2 cm³/mol. The van der Waals surface area contributed by atoms with Gasteiger partial charge >= 0.3 is 5.97 Å². The molecule has 0 saturated carbocycles. The Bertz CT molecular complexity index is 344. The highest BCUT2D eigenvalue weighted by molar-refractivity contribution is 5.68. The molecule has 1 saturated heterocycles. The fourth-order valence-electron chi connectivity index (χ4n) is 1.54. The largest absolute Gasteiger partial charge is 0.481 e. The van der Waals surface area contributed by atoms with E-state index in [4.69, 9.17) is 14.4 Å². The quantitative estimate of drug-likeness (QED) is 0.802. The normalized spacial score (nSPS) is 21.5. The second-order valence-corrected chi connectivity index (χ2v) is 3.47. The van der Waals surface area contributed by atoms with Crippen LogP contribution in [0.15, 0.2) is 4.52 Å². The third kappa shape index (κ3) is 2.53. The van der Waals surface area contributed by atoms with Crippen LogP contribution in [0.1, 0.15) is 37.1 Å². The van der Waals surface area contributed by atoms with Crippen LogP contribution < -0.4 is 0 Å². The highest BCUT2D eigenvalue weighted by Gasteiger charge is 2.22. The van der Waals surface area contributed by atoms with E-state index in [2.05, 4.69) is 10.1 Å². The van der Waals surface area contributed by atoms with E-state index in [-0.39, 0.29) is 18.3 Å². The van der Waals surface area contributed by atoms with Gasteiger partial charge in [0.05, 0.1) is 0 Å². The molecular weight excluding hydrogens is 200 g/mol. The Hall–Kier alpha value is -1.43. The number of hydrogen-bond donors (Lipinski definition) is 1. The minimum absolute atomic E-state index is 0.159. The monoisotopic (exact) mass is 212 g/mol. The lowest BCUT2D eigenvalue weighted by Gasteiger charge is -2.18. The summed E-state index contributed by atoms with van der Waals surface area (Å²) < 4.78 is 10.4. The molecule has 1 atom stereocenters. The lowest BCUT2D eigenvalue weighted by Crippen LogP contribution is -2.12. The van der Waals surface area contributed by atoms with Gasteiger partial charge in [0.2, 0.25) is 0 Å². The van der Waals surface area contributed by atoms with Gasteiger partial charge in [-0.25, -0.2) is 0 Å². The number of carbonyl (C=O) groups is 1. The van der Waals surface area contributed by atoms with Gasteiger partial charge in [-0.05, 0) is 19.3 Å². The first-order chi connectivity index (χ1) is 7.25. The molecule has 0 aliphatic carbocycles. The lowest BCUT2D eigenvalue weighted by molar-refractivity contribution is -0.136. The van der Waals surface area contributed by atoms with Crippen LogP contribution in [-0.4, -0.2) is 27.8 Å². The van der Waals surface area contributed by atoms with Gasteiger partial charge < -0.3 is 14.4 Å². The van der Waals surface area contributed by atoms with Crippen molar-refractivity contribution in [2.24, 2.45) is 0 Å². The van der Waals surface area contributed by atoms with Gasteiger partial charge in [0.15, 0.2) is 5.82 Å². The molecule has 0 amide bonds. The van der Waals surface area contributed by atoms with Gasteiger partial charge in [0.1, 0.15) is 12.5 Å². The number of hydrogen-bond acceptors (Lipinski definition) is 5. The molecule has 1 N–H and O–H groups in total. The molecule has 0 aromatic carbocycles. The highest BCUT2D eigenvalue weighted by Crippen LogP contribution is 2.26. The van der Waals surface area contributed by atoms with E-state index in [0.29, 0.717) is 12.5 Å². The Morgan fingerprint density at radius 1 is 1.53 bits per heavy atom. The summed E-state index contributed by atoms with van der Waals surface area (Å²) in [4.78, 5) is 14.4. The van der Waals surface area contributed by atoms with Gasteiger partial charge in [-0.1, -0.05) is 5.16 Å². The summed E-state index contributed by atoms with van der Waals surface area (Å²) in [5, 5.41) is 12.1. The number of carboxylic acid groups (broad SMARTS) is 1. The molecule has 6 nitrogen and oxygen atoms in total. The van der Waals surface area contributed by atoms with Crippen LogP contribution in [0.25, 0.3) is 0 Å². The zero-order valence-electron chi connectivity index (χ0n) is 8.18. The maximum absolute atomic E-state index is 10.4. The van der Waals surface area contributed by atoms with Crippen LogP contribution in [0.3, 0.4) is 0 Å². The molecule has 1 unspecified atom stereocenters. The molecule has 1 aromatic heterocycles. The number of rotatable bonds is 3. The summed E-state index contributed by atoms with van der Waals surface area (Å²) in [5.74, 6) is -0.371. The molecule has 82 valence electrons. The molecule has 1 aromatic rings. The zero-order chi connectivity index (χ0) is 10.7. The smallest absolute Gasteiger partial charge is 0.311 e. The SMILES string of the molecule is O=C(O)Cc1noc(C2CCCCO2)n1. The van der Waals surface area contributed by atoms with E-state index < -0.39 is 5.97 Å². The van der Waals surface area contributed by atoms with Crippen molar-refractivity contribution in [3.8, 4) is 0 Å². The Morgan fingerprint density at radius 3 is 3.07 bits per heavy atom. The molecule has 2 rings (SSSR count). The summed E-state index contributed by atoms with van der Waals surface area (Å²) >= 11 is 0. The third-order valence-corrected chi connectivity index (χ3v) is 2.25. The molecule has 1 aliphatic rings. The standard InChI is InChI=1S/C9H12N2O4/c12-8(13)5-7-10-9(15-11-7)6-3-1-2-4-14-6/h6H,1-5H2,(H,12,13). The molecule has 15 heavy (non-hydrogen) atoms. The van der Waals surface area contributed by atoms with Crippen LogP contribution in [0.2, 0.25) is 0 Å². The number of aromatic nitrogens is 2. The predicted octanol–water partition coefficient (Wildman–Crippen LogP) is 0.938. The van der Waals surface area contributed by atoms with Gasteiger partial charge in [-0.15, -0.1) is 0 Å².